The Hall–Kier alpha value is -2.75. The number of carbonyl (C=O) groups excluding carboxylic acids is 1. The van der Waals surface area contributed by atoms with Gasteiger partial charge in [0.15, 0.2) is 5.78 Å². The molecule has 3 aromatic rings. The van der Waals surface area contributed by atoms with Crippen LogP contribution in [0.1, 0.15) is 34.3 Å². The highest BCUT2D eigenvalue weighted by Crippen LogP contribution is 2.45. The minimum absolute atomic E-state index is 0.181. The zero-order valence-electron chi connectivity index (χ0n) is 18.7. The highest BCUT2D eigenvalue weighted by molar-refractivity contribution is 5.98. The maximum atomic E-state index is 12.9. The second-order valence-corrected chi connectivity index (χ2v) is 9.88. The van der Waals surface area contributed by atoms with Crippen molar-refractivity contribution < 1.29 is 9.90 Å². The summed E-state index contributed by atoms with van der Waals surface area (Å²) >= 11 is 0. The van der Waals surface area contributed by atoms with Crippen LogP contribution in [0.25, 0.3) is 11.1 Å². The Kier molecular flexibility index (Phi) is 5.71. The molecule has 0 amide bonds. The fraction of sp³-hybridized carbons (Fsp3) is 0.345. The van der Waals surface area contributed by atoms with Gasteiger partial charge in [-0.15, -0.1) is 0 Å². The Morgan fingerprint density at radius 2 is 1.59 bits per heavy atom. The molecule has 1 heterocycles. The van der Waals surface area contributed by atoms with Gasteiger partial charge in [0.2, 0.25) is 0 Å². The predicted octanol–water partition coefficient (Wildman–Crippen LogP) is 5.16. The molecule has 0 aromatic heterocycles. The van der Waals surface area contributed by atoms with E-state index in [4.69, 9.17) is 0 Å². The molecule has 2 unspecified atom stereocenters. The van der Waals surface area contributed by atoms with Gasteiger partial charge in [0.05, 0.1) is 12.1 Å². The van der Waals surface area contributed by atoms with Crippen LogP contribution in [-0.2, 0) is 6.42 Å². The van der Waals surface area contributed by atoms with E-state index in [0.717, 1.165) is 43.5 Å². The van der Waals surface area contributed by atoms with Gasteiger partial charge < -0.3 is 5.11 Å². The number of fused-ring (bicyclic) bond motifs is 1. The number of carbonyl (C=O) groups is 1. The van der Waals surface area contributed by atoms with Crippen molar-refractivity contribution in [3.63, 3.8) is 0 Å². The summed E-state index contributed by atoms with van der Waals surface area (Å²) in [4.78, 5) is 15.2. The minimum atomic E-state index is -0.599. The second-order valence-electron chi connectivity index (χ2n) is 9.88. The van der Waals surface area contributed by atoms with Gasteiger partial charge in [-0.25, -0.2) is 0 Å². The Balaban J connectivity index is 1.17. The highest BCUT2D eigenvalue weighted by atomic mass is 16.3. The molecule has 164 valence electrons. The standard InChI is InChI=1S/C29H31NO2/c1-21-6-5-9-25(14-21)23-10-12-24(13-11-23)28(31)20-30-18-26-16-29(32,17-27(26)19-30)15-22-7-3-2-4-8-22/h2-14,26-27,32H,15-20H2,1H3. The number of aryl methyl sites for hydroxylation is 1. The molecule has 1 saturated heterocycles. The van der Waals surface area contributed by atoms with Crippen LogP contribution in [0.3, 0.4) is 0 Å². The van der Waals surface area contributed by atoms with Crippen LogP contribution in [0.4, 0.5) is 0 Å². The van der Waals surface area contributed by atoms with Crippen LogP contribution in [0.5, 0.6) is 0 Å². The molecular weight excluding hydrogens is 394 g/mol. The summed E-state index contributed by atoms with van der Waals surface area (Å²) in [6.45, 7) is 4.38. The zero-order valence-corrected chi connectivity index (χ0v) is 18.7. The molecular formula is C29H31NO2. The highest BCUT2D eigenvalue weighted by Gasteiger charge is 2.48. The second kappa shape index (κ2) is 8.65. The first-order valence-electron chi connectivity index (χ1n) is 11.7. The van der Waals surface area contributed by atoms with Crippen molar-refractivity contribution in [2.75, 3.05) is 19.6 Å². The minimum Gasteiger partial charge on any atom is -0.390 e. The maximum Gasteiger partial charge on any atom is 0.176 e. The van der Waals surface area contributed by atoms with Crippen molar-refractivity contribution in [3.8, 4) is 11.1 Å². The van der Waals surface area contributed by atoms with Crippen molar-refractivity contribution in [2.24, 2.45) is 11.8 Å². The number of rotatable bonds is 6. The van der Waals surface area contributed by atoms with Gasteiger partial charge in [-0.05, 0) is 48.3 Å². The zero-order chi connectivity index (χ0) is 22.1. The first kappa shape index (κ1) is 21.1. The lowest BCUT2D eigenvalue weighted by Gasteiger charge is -2.26. The monoisotopic (exact) mass is 425 g/mol. The third kappa shape index (κ3) is 4.55. The quantitative estimate of drug-likeness (QED) is 0.555. The molecule has 0 bridgehead atoms. The van der Waals surface area contributed by atoms with Gasteiger partial charge in [-0.1, -0.05) is 84.4 Å². The number of hydrogen-bond donors (Lipinski definition) is 1. The number of likely N-dealkylation sites (tertiary alicyclic amines) is 1. The van der Waals surface area contributed by atoms with Crippen molar-refractivity contribution in [1.82, 2.24) is 4.90 Å². The fourth-order valence-electron chi connectivity index (χ4n) is 5.77. The third-order valence-corrected chi connectivity index (χ3v) is 7.24. The third-order valence-electron chi connectivity index (χ3n) is 7.24. The topological polar surface area (TPSA) is 40.5 Å². The Morgan fingerprint density at radius 3 is 2.25 bits per heavy atom. The number of ketones is 1. The van der Waals surface area contributed by atoms with Crippen molar-refractivity contribution >= 4 is 5.78 Å². The van der Waals surface area contributed by atoms with E-state index in [1.165, 1.54) is 16.7 Å². The van der Waals surface area contributed by atoms with Gasteiger partial charge in [0, 0.05) is 25.1 Å². The van der Waals surface area contributed by atoms with Gasteiger partial charge in [0.25, 0.3) is 0 Å². The van der Waals surface area contributed by atoms with E-state index in [1.54, 1.807) is 0 Å². The molecule has 3 heteroatoms. The van der Waals surface area contributed by atoms with Crippen LogP contribution in [-0.4, -0.2) is 41.0 Å². The van der Waals surface area contributed by atoms with Crippen molar-refractivity contribution in [2.45, 2.75) is 31.8 Å². The van der Waals surface area contributed by atoms with E-state index in [0.29, 0.717) is 18.4 Å². The summed E-state index contributed by atoms with van der Waals surface area (Å²) in [5, 5.41) is 11.1. The normalized spacial score (nSPS) is 25.1. The number of benzene rings is 3. The lowest BCUT2D eigenvalue weighted by atomic mass is 9.91. The smallest absolute Gasteiger partial charge is 0.176 e. The molecule has 3 aromatic carbocycles. The number of nitrogens with zero attached hydrogens (tertiary/aromatic N) is 1. The molecule has 0 radical (unpaired) electrons. The average molecular weight is 426 g/mol. The molecule has 2 atom stereocenters. The SMILES string of the molecule is Cc1cccc(-c2ccc(C(=O)CN3CC4CC(O)(Cc5ccccc5)CC4C3)cc2)c1. The van der Waals surface area contributed by atoms with E-state index in [9.17, 15) is 9.90 Å². The predicted molar refractivity (Wildman–Crippen MR) is 129 cm³/mol. The molecule has 2 fully saturated rings. The molecule has 1 aliphatic heterocycles. The molecule has 32 heavy (non-hydrogen) atoms. The Bertz CT molecular complexity index is 1080. The van der Waals surface area contributed by atoms with Gasteiger partial charge >= 0.3 is 0 Å². The molecule has 1 aliphatic carbocycles. The number of hydrogen-bond acceptors (Lipinski definition) is 3. The van der Waals surface area contributed by atoms with Crippen LogP contribution in [0, 0.1) is 18.8 Å². The van der Waals surface area contributed by atoms with Crippen molar-refractivity contribution in [3.05, 3.63) is 95.6 Å². The van der Waals surface area contributed by atoms with Gasteiger partial charge in [0.1, 0.15) is 0 Å². The molecule has 3 nitrogen and oxygen atoms in total. The lowest BCUT2D eigenvalue weighted by molar-refractivity contribution is 0.0355. The van der Waals surface area contributed by atoms with E-state index in [2.05, 4.69) is 48.2 Å². The molecule has 2 aliphatic rings. The summed E-state index contributed by atoms with van der Waals surface area (Å²) in [6, 6.07) is 26.7. The van der Waals surface area contributed by atoms with E-state index < -0.39 is 5.60 Å². The van der Waals surface area contributed by atoms with E-state index in [1.807, 2.05) is 42.5 Å². The van der Waals surface area contributed by atoms with E-state index >= 15 is 0 Å². The lowest BCUT2D eigenvalue weighted by Crippen LogP contribution is -2.34. The largest absolute Gasteiger partial charge is 0.390 e. The van der Waals surface area contributed by atoms with E-state index in [-0.39, 0.29) is 5.78 Å². The number of aliphatic hydroxyl groups is 1. The molecule has 5 rings (SSSR count). The van der Waals surface area contributed by atoms with Crippen LogP contribution < -0.4 is 0 Å². The average Bonchev–Trinajstić information content (AvgIpc) is 3.28. The summed E-state index contributed by atoms with van der Waals surface area (Å²) in [5.74, 6) is 1.15. The fourth-order valence-corrected chi connectivity index (χ4v) is 5.77. The number of Topliss-reactive ketones (excluding diaryl/α,β-unsaturated/α-hetero) is 1. The van der Waals surface area contributed by atoms with Crippen LogP contribution >= 0.6 is 0 Å². The Morgan fingerprint density at radius 1 is 0.906 bits per heavy atom. The summed E-state index contributed by atoms with van der Waals surface area (Å²) in [5.41, 5.74) is 4.93. The van der Waals surface area contributed by atoms with Crippen molar-refractivity contribution in [1.29, 1.82) is 0 Å². The molecule has 1 saturated carbocycles. The summed E-state index contributed by atoms with van der Waals surface area (Å²) in [7, 11) is 0. The summed E-state index contributed by atoms with van der Waals surface area (Å²) in [6.07, 6.45) is 2.40. The molecule has 0 spiro atoms. The van der Waals surface area contributed by atoms with Gasteiger partial charge in [-0.3, -0.25) is 9.69 Å². The van der Waals surface area contributed by atoms with Gasteiger partial charge in [-0.2, -0.15) is 0 Å². The maximum absolute atomic E-state index is 12.9. The van der Waals surface area contributed by atoms with Crippen LogP contribution in [0.15, 0.2) is 78.9 Å². The Labute approximate surface area is 190 Å². The first-order chi connectivity index (χ1) is 15.5. The first-order valence-corrected chi connectivity index (χ1v) is 11.7. The summed E-state index contributed by atoms with van der Waals surface area (Å²) < 4.78 is 0. The molecule has 1 N–H and O–H groups in total. The van der Waals surface area contributed by atoms with Crippen LogP contribution in [0.2, 0.25) is 0 Å².